The summed E-state index contributed by atoms with van der Waals surface area (Å²) in [5.74, 6) is 0.437. The van der Waals surface area contributed by atoms with E-state index in [2.05, 4.69) is 0 Å². The maximum absolute atomic E-state index is 9.00. The van der Waals surface area contributed by atoms with Gasteiger partial charge in [-0.3, -0.25) is 0 Å². The van der Waals surface area contributed by atoms with E-state index in [9.17, 15) is 0 Å². The van der Waals surface area contributed by atoms with Gasteiger partial charge in [-0.25, -0.2) is 0 Å². The number of hydrogen-bond acceptors (Lipinski definition) is 3. The Bertz CT molecular complexity index is 603. The molecule has 2 aromatic carbocycles. The van der Waals surface area contributed by atoms with Crippen molar-refractivity contribution in [3.05, 3.63) is 57.0 Å². The van der Waals surface area contributed by atoms with Crippen LogP contribution in [-0.2, 0) is 6.61 Å². The van der Waals surface area contributed by atoms with Gasteiger partial charge in [0.2, 0.25) is 0 Å². The standard InChI is InChI=1S/C13H10BCl3O3/c15-10-5-12(17)13(6-11(10)16)20-7-8-1-3-9(4-2-8)14(18)19/h1-6,18-19H,7H2. The summed E-state index contributed by atoms with van der Waals surface area (Å²) in [6, 6.07) is 9.77. The van der Waals surface area contributed by atoms with Gasteiger partial charge in [0.25, 0.3) is 0 Å². The van der Waals surface area contributed by atoms with Crippen LogP contribution in [0.2, 0.25) is 15.1 Å². The van der Waals surface area contributed by atoms with Crippen molar-refractivity contribution in [1.29, 1.82) is 0 Å². The highest BCUT2D eigenvalue weighted by molar-refractivity contribution is 6.58. The molecule has 0 saturated heterocycles. The van der Waals surface area contributed by atoms with Crippen LogP contribution in [0.3, 0.4) is 0 Å². The first kappa shape index (κ1) is 15.5. The van der Waals surface area contributed by atoms with Crippen LogP contribution in [0, 0.1) is 0 Å². The van der Waals surface area contributed by atoms with Gasteiger partial charge in [-0.05, 0) is 17.1 Å². The lowest BCUT2D eigenvalue weighted by Crippen LogP contribution is -2.29. The molecule has 0 saturated carbocycles. The molecule has 7 heteroatoms. The smallest absolute Gasteiger partial charge is 0.487 e. The Kier molecular flexibility index (Phi) is 5.19. The SMILES string of the molecule is OB(O)c1ccc(COc2cc(Cl)c(Cl)cc2Cl)cc1. The third-order valence-electron chi connectivity index (χ3n) is 2.65. The van der Waals surface area contributed by atoms with E-state index in [1.807, 2.05) is 0 Å². The molecule has 20 heavy (non-hydrogen) atoms. The highest BCUT2D eigenvalue weighted by Gasteiger charge is 2.10. The van der Waals surface area contributed by atoms with Crippen molar-refractivity contribution in [2.75, 3.05) is 0 Å². The Morgan fingerprint density at radius 3 is 2.10 bits per heavy atom. The first-order chi connectivity index (χ1) is 9.47. The van der Waals surface area contributed by atoms with Crippen molar-refractivity contribution >= 4 is 47.4 Å². The van der Waals surface area contributed by atoms with Crippen molar-refractivity contribution in [2.24, 2.45) is 0 Å². The van der Waals surface area contributed by atoms with Crippen LogP contribution in [0.4, 0.5) is 0 Å². The molecular weight excluding hydrogens is 321 g/mol. The van der Waals surface area contributed by atoms with Crippen LogP contribution < -0.4 is 10.2 Å². The maximum atomic E-state index is 9.00. The predicted octanol–water partition coefficient (Wildman–Crippen LogP) is 2.91. The first-order valence-corrected chi connectivity index (χ1v) is 6.83. The zero-order valence-corrected chi connectivity index (χ0v) is 12.5. The van der Waals surface area contributed by atoms with Crippen LogP contribution in [-0.4, -0.2) is 17.2 Å². The van der Waals surface area contributed by atoms with Crippen LogP contribution in [0.1, 0.15) is 5.56 Å². The molecule has 0 unspecified atom stereocenters. The van der Waals surface area contributed by atoms with E-state index in [0.29, 0.717) is 26.3 Å². The van der Waals surface area contributed by atoms with Crippen LogP contribution in [0.25, 0.3) is 0 Å². The molecule has 0 bridgehead atoms. The van der Waals surface area contributed by atoms with Crippen molar-refractivity contribution in [3.63, 3.8) is 0 Å². The minimum Gasteiger partial charge on any atom is -0.487 e. The lowest BCUT2D eigenvalue weighted by Gasteiger charge is -2.10. The molecule has 0 spiro atoms. The van der Waals surface area contributed by atoms with Crippen LogP contribution >= 0.6 is 34.8 Å². The Hall–Kier alpha value is -0.905. The molecule has 2 rings (SSSR count). The van der Waals surface area contributed by atoms with E-state index in [0.717, 1.165) is 5.56 Å². The van der Waals surface area contributed by atoms with Gasteiger partial charge in [-0.2, -0.15) is 0 Å². The summed E-state index contributed by atoms with van der Waals surface area (Å²) in [5, 5.41) is 19.1. The minimum absolute atomic E-state index is 0.277. The molecular formula is C13H10BCl3O3. The van der Waals surface area contributed by atoms with Gasteiger partial charge < -0.3 is 14.8 Å². The Morgan fingerprint density at radius 2 is 1.50 bits per heavy atom. The number of ether oxygens (including phenoxy) is 1. The minimum atomic E-state index is -1.48. The topological polar surface area (TPSA) is 49.7 Å². The quantitative estimate of drug-likeness (QED) is 0.669. The first-order valence-electron chi connectivity index (χ1n) is 5.69. The average molecular weight is 331 g/mol. The Balaban J connectivity index is 2.07. The third kappa shape index (κ3) is 3.81. The van der Waals surface area contributed by atoms with Gasteiger partial charge in [-0.15, -0.1) is 0 Å². The summed E-state index contributed by atoms with van der Waals surface area (Å²) in [4.78, 5) is 0. The van der Waals surface area contributed by atoms with Crippen LogP contribution in [0.5, 0.6) is 5.75 Å². The van der Waals surface area contributed by atoms with Crippen molar-refractivity contribution in [3.8, 4) is 5.75 Å². The molecule has 0 aromatic heterocycles. The number of hydrogen-bond donors (Lipinski definition) is 2. The zero-order chi connectivity index (χ0) is 14.7. The molecule has 0 fully saturated rings. The number of rotatable bonds is 4. The summed E-state index contributed by atoms with van der Waals surface area (Å²) in [6.07, 6.45) is 0. The maximum Gasteiger partial charge on any atom is 0.488 e. The van der Waals surface area contributed by atoms with E-state index in [-0.39, 0.29) is 6.61 Å². The Labute approximate surface area is 131 Å². The summed E-state index contributed by atoms with van der Waals surface area (Å²) in [6.45, 7) is 0.277. The van der Waals surface area contributed by atoms with Crippen molar-refractivity contribution < 1.29 is 14.8 Å². The highest BCUT2D eigenvalue weighted by atomic mass is 35.5. The molecule has 2 N–H and O–H groups in total. The molecule has 0 aliphatic carbocycles. The van der Waals surface area contributed by atoms with Gasteiger partial charge >= 0.3 is 7.12 Å². The largest absolute Gasteiger partial charge is 0.488 e. The van der Waals surface area contributed by atoms with E-state index in [1.54, 1.807) is 30.3 Å². The van der Waals surface area contributed by atoms with Gasteiger partial charge in [0, 0.05) is 6.07 Å². The molecule has 0 amide bonds. The second-order valence-corrected chi connectivity index (χ2v) is 5.32. The van der Waals surface area contributed by atoms with Crippen molar-refractivity contribution in [2.45, 2.75) is 6.61 Å². The van der Waals surface area contributed by atoms with Gasteiger partial charge in [0.1, 0.15) is 12.4 Å². The van der Waals surface area contributed by atoms with Gasteiger partial charge in [0.15, 0.2) is 0 Å². The molecule has 0 heterocycles. The zero-order valence-electron chi connectivity index (χ0n) is 10.2. The second kappa shape index (κ2) is 6.70. The summed E-state index contributed by atoms with van der Waals surface area (Å²) in [7, 11) is -1.48. The van der Waals surface area contributed by atoms with Crippen LogP contribution in [0.15, 0.2) is 36.4 Å². The Morgan fingerprint density at radius 1 is 0.900 bits per heavy atom. The normalized spacial score (nSPS) is 10.4. The van der Waals surface area contributed by atoms with E-state index in [1.165, 1.54) is 6.07 Å². The average Bonchev–Trinajstić information content (AvgIpc) is 2.42. The molecule has 3 nitrogen and oxygen atoms in total. The fraction of sp³-hybridized carbons (Fsp3) is 0.0769. The summed E-state index contributed by atoms with van der Waals surface area (Å²) in [5.41, 5.74) is 1.28. The molecule has 0 aliphatic heterocycles. The molecule has 0 atom stereocenters. The number of halogens is 3. The predicted molar refractivity (Wildman–Crippen MR) is 82.1 cm³/mol. The number of benzene rings is 2. The van der Waals surface area contributed by atoms with Gasteiger partial charge in [-0.1, -0.05) is 59.1 Å². The summed E-state index contributed by atoms with van der Waals surface area (Å²) < 4.78 is 5.56. The molecule has 104 valence electrons. The molecule has 2 aromatic rings. The fourth-order valence-electron chi connectivity index (χ4n) is 1.56. The molecule has 0 aliphatic rings. The molecule has 0 radical (unpaired) electrons. The van der Waals surface area contributed by atoms with E-state index in [4.69, 9.17) is 49.6 Å². The lowest BCUT2D eigenvalue weighted by molar-refractivity contribution is 0.306. The second-order valence-electron chi connectivity index (χ2n) is 4.10. The lowest BCUT2D eigenvalue weighted by atomic mass is 9.80. The fourth-order valence-corrected chi connectivity index (χ4v) is 2.15. The monoisotopic (exact) mass is 330 g/mol. The summed E-state index contributed by atoms with van der Waals surface area (Å²) >= 11 is 17.7. The third-order valence-corrected chi connectivity index (χ3v) is 3.66. The van der Waals surface area contributed by atoms with Gasteiger partial charge in [0.05, 0.1) is 15.1 Å². The highest BCUT2D eigenvalue weighted by Crippen LogP contribution is 2.34. The van der Waals surface area contributed by atoms with E-state index < -0.39 is 7.12 Å². The van der Waals surface area contributed by atoms with Crippen molar-refractivity contribution in [1.82, 2.24) is 0 Å². The van der Waals surface area contributed by atoms with E-state index >= 15 is 0 Å².